The second kappa shape index (κ2) is 6.16. The molecule has 0 bridgehead atoms. The highest BCUT2D eigenvalue weighted by Crippen LogP contribution is 2.22. The van der Waals surface area contributed by atoms with Gasteiger partial charge in [0.05, 0.1) is 0 Å². The van der Waals surface area contributed by atoms with E-state index in [9.17, 15) is 4.79 Å². The predicted octanol–water partition coefficient (Wildman–Crippen LogP) is 3.07. The minimum atomic E-state index is 0.0236. The van der Waals surface area contributed by atoms with Crippen LogP contribution in [0, 0.1) is 0 Å². The van der Waals surface area contributed by atoms with E-state index >= 15 is 0 Å². The SMILES string of the molecule is CC(=O)[C@H](CCN(C)C)c1ccc(Br)cc1. The molecule has 0 spiro atoms. The Morgan fingerprint density at radius 1 is 1.31 bits per heavy atom. The Balaban J connectivity index is 2.77. The average molecular weight is 284 g/mol. The summed E-state index contributed by atoms with van der Waals surface area (Å²) in [6, 6.07) is 8.01. The van der Waals surface area contributed by atoms with E-state index in [-0.39, 0.29) is 11.7 Å². The fourth-order valence-electron chi connectivity index (χ4n) is 1.69. The van der Waals surface area contributed by atoms with Gasteiger partial charge in [0.1, 0.15) is 5.78 Å². The first-order valence-corrected chi connectivity index (χ1v) is 6.20. The fourth-order valence-corrected chi connectivity index (χ4v) is 1.95. The van der Waals surface area contributed by atoms with Gasteiger partial charge >= 0.3 is 0 Å². The molecule has 1 rings (SSSR count). The van der Waals surface area contributed by atoms with Crippen LogP contribution in [0.15, 0.2) is 28.7 Å². The lowest BCUT2D eigenvalue weighted by molar-refractivity contribution is -0.118. The van der Waals surface area contributed by atoms with Crippen molar-refractivity contribution in [2.45, 2.75) is 19.3 Å². The van der Waals surface area contributed by atoms with Crippen molar-refractivity contribution in [2.75, 3.05) is 20.6 Å². The minimum absolute atomic E-state index is 0.0236. The third kappa shape index (κ3) is 4.06. The molecular weight excluding hydrogens is 266 g/mol. The molecule has 0 aliphatic carbocycles. The van der Waals surface area contributed by atoms with Crippen molar-refractivity contribution in [1.82, 2.24) is 4.90 Å². The summed E-state index contributed by atoms with van der Waals surface area (Å²) in [5.41, 5.74) is 1.11. The van der Waals surface area contributed by atoms with E-state index in [1.807, 2.05) is 38.4 Å². The normalized spacial score (nSPS) is 12.8. The molecule has 0 fully saturated rings. The minimum Gasteiger partial charge on any atom is -0.309 e. The molecule has 2 nitrogen and oxygen atoms in total. The number of hydrogen-bond acceptors (Lipinski definition) is 2. The summed E-state index contributed by atoms with van der Waals surface area (Å²) in [6.45, 7) is 2.60. The first kappa shape index (κ1) is 13.4. The second-order valence-electron chi connectivity index (χ2n) is 4.31. The molecule has 1 aromatic rings. The maximum Gasteiger partial charge on any atom is 0.137 e. The largest absolute Gasteiger partial charge is 0.309 e. The van der Waals surface area contributed by atoms with Gasteiger partial charge in [0.2, 0.25) is 0 Å². The molecule has 0 heterocycles. The number of Topliss-reactive ketones (excluding diaryl/α,β-unsaturated/α-hetero) is 1. The molecule has 0 saturated carbocycles. The van der Waals surface area contributed by atoms with Crippen LogP contribution in [0.2, 0.25) is 0 Å². The van der Waals surface area contributed by atoms with E-state index in [2.05, 4.69) is 20.8 Å². The summed E-state index contributed by atoms with van der Waals surface area (Å²) >= 11 is 3.40. The van der Waals surface area contributed by atoms with Gasteiger partial charge in [-0.1, -0.05) is 28.1 Å². The zero-order valence-electron chi connectivity index (χ0n) is 10.0. The second-order valence-corrected chi connectivity index (χ2v) is 5.22. The first-order valence-electron chi connectivity index (χ1n) is 5.41. The summed E-state index contributed by atoms with van der Waals surface area (Å²) in [5.74, 6) is 0.264. The number of ketones is 1. The Morgan fingerprint density at radius 3 is 2.31 bits per heavy atom. The van der Waals surface area contributed by atoms with Gasteiger partial charge in [-0.05, 0) is 51.7 Å². The third-order valence-corrected chi connectivity index (χ3v) is 3.16. The van der Waals surface area contributed by atoms with Crippen molar-refractivity contribution in [3.8, 4) is 0 Å². The van der Waals surface area contributed by atoms with E-state index in [0.717, 1.165) is 23.0 Å². The van der Waals surface area contributed by atoms with Crippen LogP contribution < -0.4 is 0 Å². The quantitative estimate of drug-likeness (QED) is 0.828. The highest BCUT2D eigenvalue weighted by molar-refractivity contribution is 9.10. The summed E-state index contributed by atoms with van der Waals surface area (Å²) in [5, 5.41) is 0. The van der Waals surface area contributed by atoms with Crippen molar-refractivity contribution >= 4 is 21.7 Å². The fraction of sp³-hybridized carbons (Fsp3) is 0.462. The van der Waals surface area contributed by atoms with Crippen molar-refractivity contribution in [1.29, 1.82) is 0 Å². The number of carbonyl (C=O) groups excluding carboxylic acids is 1. The van der Waals surface area contributed by atoms with Gasteiger partial charge in [-0.3, -0.25) is 4.79 Å². The molecule has 0 aromatic heterocycles. The van der Waals surface area contributed by atoms with Gasteiger partial charge in [0, 0.05) is 10.4 Å². The van der Waals surface area contributed by atoms with Gasteiger partial charge in [0.15, 0.2) is 0 Å². The number of carbonyl (C=O) groups is 1. The van der Waals surface area contributed by atoms with Crippen molar-refractivity contribution in [2.24, 2.45) is 0 Å². The summed E-state index contributed by atoms with van der Waals surface area (Å²) in [6.07, 6.45) is 0.879. The zero-order valence-corrected chi connectivity index (χ0v) is 11.6. The van der Waals surface area contributed by atoms with Crippen molar-refractivity contribution < 1.29 is 4.79 Å². The van der Waals surface area contributed by atoms with E-state index in [1.165, 1.54) is 0 Å². The van der Waals surface area contributed by atoms with Crippen LogP contribution in [0.5, 0.6) is 0 Å². The lowest BCUT2D eigenvalue weighted by atomic mass is 9.92. The van der Waals surface area contributed by atoms with Gasteiger partial charge in [-0.2, -0.15) is 0 Å². The Morgan fingerprint density at radius 2 is 1.88 bits per heavy atom. The highest BCUT2D eigenvalue weighted by atomic mass is 79.9. The highest BCUT2D eigenvalue weighted by Gasteiger charge is 2.16. The van der Waals surface area contributed by atoms with Gasteiger partial charge in [0.25, 0.3) is 0 Å². The smallest absolute Gasteiger partial charge is 0.137 e. The standard InChI is InChI=1S/C13H18BrNO/c1-10(16)13(8-9-15(2)3)11-4-6-12(14)7-5-11/h4-7,13H,8-9H2,1-3H3/t13-/m0/s1. The van der Waals surface area contributed by atoms with Crippen LogP contribution in [-0.2, 0) is 4.79 Å². The molecule has 0 aliphatic rings. The average Bonchev–Trinajstić information content (AvgIpc) is 2.20. The van der Waals surface area contributed by atoms with Crippen LogP contribution in [0.4, 0.5) is 0 Å². The van der Waals surface area contributed by atoms with E-state index in [4.69, 9.17) is 0 Å². The molecule has 0 unspecified atom stereocenters. The Labute approximate surface area is 106 Å². The predicted molar refractivity (Wildman–Crippen MR) is 70.7 cm³/mol. The van der Waals surface area contributed by atoms with E-state index in [0.29, 0.717) is 0 Å². The number of halogens is 1. The van der Waals surface area contributed by atoms with Crippen LogP contribution >= 0.6 is 15.9 Å². The third-order valence-electron chi connectivity index (χ3n) is 2.63. The molecule has 0 amide bonds. The van der Waals surface area contributed by atoms with Gasteiger partial charge in [-0.25, -0.2) is 0 Å². The summed E-state index contributed by atoms with van der Waals surface area (Å²) in [4.78, 5) is 13.7. The molecular formula is C13H18BrNO. The molecule has 0 radical (unpaired) electrons. The van der Waals surface area contributed by atoms with Crippen LogP contribution in [0.25, 0.3) is 0 Å². The van der Waals surface area contributed by atoms with Crippen molar-refractivity contribution in [3.05, 3.63) is 34.3 Å². The Bertz CT molecular complexity index is 345. The first-order chi connectivity index (χ1) is 7.50. The molecule has 0 saturated heterocycles. The van der Waals surface area contributed by atoms with Crippen molar-refractivity contribution in [3.63, 3.8) is 0 Å². The molecule has 16 heavy (non-hydrogen) atoms. The van der Waals surface area contributed by atoms with Crippen LogP contribution in [0.1, 0.15) is 24.8 Å². The number of nitrogens with zero attached hydrogens (tertiary/aromatic N) is 1. The van der Waals surface area contributed by atoms with Gasteiger partial charge in [-0.15, -0.1) is 0 Å². The lowest BCUT2D eigenvalue weighted by Crippen LogP contribution is -2.19. The molecule has 1 atom stereocenters. The topological polar surface area (TPSA) is 20.3 Å². The van der Waals surface area contributed by atoms with E-state index in [1.54, 1.807) is 6.92 Å². The Hall–Kier alpha value is -0.670. The van der Waals surface area contributed by atoms with Gasteiger partial charge < -0.3 is 4.90 Å². The number of hydrogen-bond donors (Lipinski definition) is 0. The summed E-state index contributed by atoms with van der Waals surface area (Å²) < 4.78 is 1.05. The molecule has 88 valence electrons. The van der Waals surface area contributed by atoms with Crippen LogP contribution in [-0.4, -0.2) is 31.3 Å². The van der Waals surface area contributed by atoms with E-state index < -0.39 is 0 Å². The number of benzene rings is 1. The molecule has 1 aromatic carbocycles. The lowest BCUT2D eigenvalue weighted by Gasteiger charge is -2.17. The van der Waals surface area contributed by atoms with Crippen LogP contribution in [0.3, 0.4) is 0 Å². The maximum absolute atomic E-state index is 11.6. The monoisotopic (exact) mass is 283 g/mol. The number of rotatable bonds is 5. The maximum atomic E-state index is 11.6. The Kier molecular flexibility index (Phi) is 5.16. The molecule has 0 N–H and O–H groups in total. The zero-order chi connectivity index (χ0) is 12.1. The summed E-state index contributed by atoms with van der Waals surface area (Å²) in [7, 11) is 4.05. The molecule has 0 aliphatic heterocycles. The molecule has 3 heteroatoms.